The number of hydrogen-bond acceptors (Lipinski definition) is 3. The molecule has 1 N–H and O–H groups in total. The Morgan fingerprint density at radius 3 is 2.77 bits per heavy atom. The fourth-order valence-corrected chi connectivity index (χ4v) is 4.11. The van der Waals surface area contributed by atoms with Gasteiger partial charge in [-0.15, -0.1) is 0 Å². The lowest BCUT2D eigenvalue weighted by molar-refractivity contribution is -0.126. The molecule has 0 aliphatic carbocycles. The van der Waals surface area contributed by atoms with Crippen molar-refractivity contribution in [2.45, 2.75) is 19.9 Å². The molecule has 2 aromatic carbocycles. The number of rotatable bonds is 5. The van der Waals surface area contributed by atoms with Gasteiger partial charge in [-0.1, -0.05) is 18.2 Å². The van der Waals surface area contributed by atoms with Crippen molar-refractivity contribution in [2.75, 3.05) is 11.4 Å². The zero-order valence-corrected chi connectivity index (χ0v) is 17.9. The summed E-state index contributed by atoms with van der Waals surface area (Å²) in [5.41, 5.74) is 1.81. The Morgan fingerprint density at radius 1 is 1.27 bits per heavy atom. The van der Waals surface area contributed by atoms with Gasteiger partial charge in [0.2, 0.25) is 11.8 Å². The van der Waals surface area contributed by atoms with E-state index in [1.54, 1.807) is 40.9 Å². The van der Waals surface area contributed by atoms with Crippen LogP contribution in [0.5, 0.6) is 0 Å². The molecule has 1 aliphatic heterocycles. The minimum atomic E-state index is -0.442. The van der Waals surface area contributed by atoms with E-state index < -0.39 is 5.92 Å². The third-order valence-corrected chi connectivity index (χ3v) is 5.87. The monoisotopic (exact) mass is 470 g/mol. The number of nitrogens with zero attached hydrogens (tertiary/aromatic N) is 3. The van der Waals surface area contributed by atoms with E-state index in [0.717, 1.165) is 10.2 Å². The Labute approximate surface area is 181 Å². The number of aryl methyl sites for hydroxylation is 1. The number of nitrogens with one attached hydrogen (secondary N) is 1. The van der Waals surface area contributed by atoms with Gasteiger partial charge in [-0.25, -0.2) is 9.37 Å². The first-order valence-corrected chi connectivity index (χ1v) is 10.3. The van der Waals surface area contributed by atoms with Crippen molar-refractivity contribution in [1.29, 1.82) is 0 Å². The van der Waals surface area contributed by atoms with Crippen molar-refractivity contribution in [2.24, 2.45) is 5.92 Å². The highest BCUT2D eigenvalue weighted by Gasteiger charge is 2.35. The van der Waals surface area contributed by atoms with E-state index in [0.29, 0.717) is 23.6 Å². The highest BCUT2D eigenvalue weighted by atomic mass is 79.9. The molecule has 1 aliphatic rings. The molecule has 2 amide bonds. The summed E-state index contributed by atoms with van der Waals surface area (Å²) in [6.45, 7) is 2.31. The van der Waals surface area contributed by atoms with Crippen molar-refractivity contribution in [1.82, 2.24) is 14.9 Å². The number of amides is 2. The minimum Gasteiger partial charge on any atom is -0.352 e. The first-order chi connectivity index (χ1) is 14.4. The van der Waals surface area contributed by atoms with Gasteiger partial charge in [0, 0.05) is 36.4 Å². The van der Waals surface area contributed by atoms with Crippen LogP contribution in [-0.2, 0) is 16.1 Å². The predicted octanol–water partition coefficient (Wildman–Crippen LogP) is 3.75. The number of carbonyl (C=O) groups is 2. The Hall–Kier alpha value is -3.00. The van der Waals surface area contributed by atoms with E-state index in [4.69, 9.17) is 0 Å². The van der Waals surface area contributed by atoms with Crippen LogP contribution in [0, 0.1) is 18.7 Å². The second-order valence-electron chi connectivity index (χ2n) is 7.20. The zero-order valence-electron chi connectivity index (χ0n) is 16.3. The van der Waals surface area contributed by atoms with Gasteiger partial charge < -0.3 is 14.8 Å². The van der Waals surface area contributed by atoms with E-state index in [1.807, 2.05) is 24.3 Å². The normalized spacial score (nSPS) is 16.2. The van der Waals surface area contributed by atoms with Gasteiger partial charge >= 0.3 is 0 Å². The number of imidazole rings is 1. The average Bonchev–Trinajstić information content (AvgIpc) is 3.32. The molecule has 4 rings (SSSR count). The lowest BCUT2D eigenvalue weighted by atomic mass is 10.1. The van der Waals surface area contributed by atoms with E-state index in [9.17, 15) is 14.0 Å². The van der Waals surface area contributed by atoms with Gasteiger partial charge in [-0.3, -0.25) is 9.59 Å². The van der Waals surface area contributed by atoms with Crippen LogP contribution < -0.4 is 10.2 Å². The second kappa shape index (κ2) is 8.39. The number of benzene rings is 2. The number of carbonyl (C=O) groups excluding carboxylic acids is 2. The highest BCUT2D eigenvalue weighted by molar-refractivity contribution is 9.10. The molecule has 2 heterocycles. The Morgan fingerprint density at radius 2 is 2.07 bits per heavy atom. The third kappa shape index (κ3) is 4.00. The second-order valence-corrected chi connectivity index (χ2v) is 8.06. The molecule has 1 saturated heterocycles. The van der Waals surface area contributed by atoms with Crippen LogP contribution in [0.3, 0.4) is 0 Å². The quantitative estimate of drug-likeness (QED) is 0.617. The molecule has 6 nitrogen and oxygen atoms in total. The summed E-state index contributed by atoms with van der Waals surface area (Å²) >= 11 is 3.45. The van der Waals surface area contributed by atoms with Crippen molar-refractivity contribution >= 4 is 33.4 Å². The van der Waals surface area contributed by atoms with E-state index in [-0.39, 0.29) is 30.6 Å². The number of hydrogen-bond donors (Lipinski definition) is 1. The number of para-hydroxylation sites is 1. The number of anilines is 1. The molecule has 0 bridgehead atoms. The molecular weight excluding hydrogens is 451 g/mol. The molecule has 1 fully saturated rings. The molecule has 8 heteroatoms. The lowest BCUT2D eigenvalue weighted by Gasteiger charge is -2.18. The van der Waals surface area contributed by atoms with Gasteiger partial charge in [0.1, 0.15) is 11.6 Å². The van der Waals surface area contributed by atoms with Crippen LogP contribution in [0.15, 0.2) is 59.3 Å². The van der Waals surface area contributed by atoms with Crippen molar-refractivity contribution < 1.29 is 14.0 Å². The van der Waals surface area contributed by atoms with Crippen LogP contribution in [0.25, 0.3) is 5.69 Å². The van der Waals surface area contributed by atoms with Crippen molar-refractivity contribution in [3.8, 4) is 5.69 Å². The molecule has 3 aromatic rings. The maximum absolute atomic E-state index is 14.5. The van der Waals surface area contributed by atoms with Crippen LogP contribution in [-0.4, -0.2) is 27.9 Å². The largest absolute Gasteiger partial charge is 0.352 e. The average molecular weight is 471 g/mol. The molecule has 154 valence electrons. The molecule has 0 radical (unpaired) electrons. The Bertz CT molecular complexity index is 1110. The maximum Gasteiger partial charge on any atom is 0.227 e. The van der Waals surface area contributed by atoms with Crippen LogP contribution in [0.1, 0.15) is 17.8 Å². The molecule has 0 saturated carbocycles. The predicted molar refractivity (Wildman–Crippen MR) is 115 cm³/mol. The SMILES string of the molecule is Cc1nccn1-c1ccc(CNC(=O)C2CC(=O)N(c3ccccc3Br)C2)cc1F. The van der Waals surface area contributed by atoms with E-state index in [1.165, 1.54) is 6.07 Å². The lowest BCUT2D eigenvalue weighted by Crippen LogP contribution is -2.32. The minimum absolute atomic E-state index is 0.0897. The van der Waals surface area contributed by atoms with Gasteiger partial charge in [-0.05, 0) is 52.7 Å². The molecule has 1 aromatic heterocycles. The molecular formula is C22H20BrFN4O2. The number of aromatic nitrogens is 2. The fraction of sp³-hybridized carbons (Fsp3) is 0.227. The van der Waals surface area contributed by atoms with Gasteiger partial charge in [-0.2, -0.15) is 0 Å². The summed E-state index contributed by atoms with van der Waals surface area (Å²) in [5.74, 6) is -0.447. The van der Waals surface area contributed by atoms with E-state index in [2.05, 4.69) is 26.2 Å². The fourth-order valence-electron chi connectivity index (χ4n) is 3.61. The maximum atomic E-state index is 14.5. The number of halogens is 2. The van der Waals surface area contributed by atoms with Gasteiger partial charge in [0.15, 0.2) is 0 Å². The van der Waals surface area contributed by atoms with Crippen LogP contribution in [0.2, 0.25) is 0 Å². The topological polar surface area (TPSA) is 67.2 Å². The zero-order chi connectivity index (χ0) is 21.3. The van der Waals surface area contributed by atoms with Crippen LogP contribution in [0.4, 0.5) is 10.1 Å². The summed E-state index contributed by atoms with van der Waals surface area (Å²) in [7, 11) is 0. The first-order valence-electron chi connectivity index (χ1n) is 9.55. The smallest absolute Gasteiger partial charge is 0.227 e. The molecule has 1 unspecified atom stereocenters. The molecule has 1 atom stereocenters. The third-order valence-electron chi connectivity index (χ3n) is 5.20. The summed E-state index contributed by atoms with van der Waals surface area (Å²) in [6, 6.07) is 12.3. The molecule has 0 spiro atoms. The Balaban J connectivity index is 1.39. The van der Waals surface area contributed by atoms with Crippen molar-refractivity contribution in [3.05, 3.63) is 76.5 Å². The summed E-state index contributed by atoms with van der Waals surface area (Å²) in [4.78, 5) is 30.7. The summed E-state index contributed by atoms with van der Waals surface area (Å²) in [6.07, 6.45) is 3.46. The summed E-state index contributed by atoms with van der Waals surface area (Å²) in [5, 5.41) is 2.83. The van der Waals surface area contributed by atoms with Gasteiger partial charge in [0.25, 0.3) is 0 Å². The Kier molecular flexibility index (Phi) is 5.67. The molecule has 30 heavy (non-hydrogen) atoms. The first kappa shape index (κ1) is 20.3. The van der Waals surface area contributed by atoms with E-state index >= 15 is 0 Å². The highest BCUT2D eigenvalue weighted by Crippen LogP contribution is 2.31. The standard InChI is InChI=1S/C22H20BrFN4O2/c1-14-25-8-9-27(14)20-7-6-15(10-18(20)24)12-26-22(30)16-11-21(29)28(13-16)19-5-3-2-4-17(19)23/h2-10,16H,11-13H2,1H3,(H,26,30). The van der Waals surface area contributed by atoms with Gasteiger partial charge in [0.05, 0.1) is 17.3 Å². The van der Waals surface area contributed by atoms with Crippen molar-refractivity contribution in [3.63, 3.8) is 0 Å². The summed E-state index contributed by atoms with van der Waals surface area (Å²) < 4.78 is 17.0. The van der Waals surface area contributed by atoms with Crippen LogP contribution >= 0.6 is 15.9 Å².